The highest BCUT2D eigenvalue weighted by Crippen LogP contribution is 2.16. The molecule has 0 saturated carbocycles. The number of carboxylic acid groups (broad SMARTS) is 1. The molecule has 0 amide bonds. The van der Waals surface area contributed by atoms with Crippen LogP contribution in [0.3, 0.4) is 0 Å². The number of ether oxygens (including phenoxy) is 1. The van der Waals surface area contributed by atoms with E-state index in [-0.39, 0.29) is 0 Å². The standard InChI is InChI=1S/C11H17NO3S/c1-2-15-6-3-5-12-8-9-4-7-16-10(9)11(13)14/h4,7,12H,2-3,5-6,8H2,1H3,(H,13,14). The second kappa shape index (κ2) is 7.38. The average molecular weight is 243 g/mol. The van der Waals surface area contributed by atoms with Crippen molar-refractivity contribution < 1.29 is 14.6 Å². The van der Waals surface area contributed by atoms with Crippen LogP contribution in [0.4, 0.5) is 0 Å². The van der Waals surface area contributed by atoms with Crippen molar-refractivity contribution in [3.05, 3.63) is 21.9 Å². The highest BCUT2D eigenvalue weighted by atomic mass is 32.1. The van der Waals surface area contributed by atoms with E-state index < -0.39 is 5.97 Å². The van der Waals surface area contributed by atoms with Crippen molar-refractivity contribution in [3.63, 3.8) is 0 Å². The molecule has 0 spiro atoms. The van der Waals surface area contributed by atoms with E-state index in [2.05, 4.69) is 5.32 Å². The highest BCUT2D eigenvalue weighted by molar-refractivity contribution is 7.12. The third-order valence-electron chi connectivity index (χ3n) is 2.10. The van der Waals surface area contributed by atoms with E-state index in [9.17, 15) is 4.79 Å². The topological polar surface area (TPSA) is 58.6 Å². The molecule has 1 rings (SSSR count). The Bertz CT molecular complexity index is 325. The van der Waals surface area contributed by atoms with Crippen molar-refractivity contribution in [2.45, 2.75) is 19.9 Å². The Labute approximate surface area is 99.2 Å². The summed E-state index contributed by atoms with van der Waals surface area (Å²) in [7, 11) is 0. The van der Waals surface area contributed by atoms with Gasteiger partial charge in [0.1, 0.15) is 4.88 Å². The van der Waals surface area contributed by atoms with Crippen molar-refractivity contribution in [2.75, 3.05) is 19.8 Å². The molecule has 0 saturated heterocycles. The van der Waals surface area contributed by atoms with Crippen LogP contribution in [-0.4, -0.2) is 30.8 Å². The van der Waals surface area contributed by atoms with E-state index in [1.165, 1.54) is 11.3 Å². The van der Waals surface area contributed by atoms with Crippen molar-refractivity contribution in [1.29, 1.82) is 0 Å². The van der Waals surface area contributed by atoms with Gasteiger partial charge in [-0.3, -0.25) is 0 Å². The van der Waals surface area contributed by atoms with Gasteiger partial charge in [-0.1, -0.05) is 0 Å². The number of carboxylic acids is 1. The molecule has 0 radical (unpaired) electrons. The fourth-order valence-corrected chi connectivity index (χ4v) is 2.09. The summed E-state index contributed by atoms with van der Waals surface area (Å²) in [5.41, 5.74) is 0.855. The summed E-state index contributed by atoms with van der Waals surface area (Å²) in [6.07, 6.45) is 0.945. The van der Waals surface area contributed by atoms with E-state index in [0.29, 0.717) is 11.4 Å². The van der Waals surface area contributed by atoms with Gasteiger partial charge in [-0.05, 0) is 36.9 Å². The molecule has 0 atom stereocenters. The van der Waals surface area contributed by atoms with E-state index >= 15 is 0 Å². The summed E-state index contributed by atoms with van der Waals surface area (Å²) in [5.74, 6) is -0.846. The first-order valence-electron chi connectivity index (χ1n) is 5.33. The molecule has 90 valence electrons. The zero-order valence-electron chi connectivity index (χ0n) is 9.36. The zero-order chi connectivity index (χ0) is 11.8. The Balaban J connectivity index is 2.21. The fraction of sp³-hybridized carbons (Fsp3) is 0.545. The second-order valence-electron chi connectivity index (χ2n) is 3.31. The van der Waals surface area contributed by atoms with Crippen LogP contribution in [0, 0.1) is 0 Å². The number of carbonyl (C=O) groups is 1. The molecule has 0 aromatic carbocycles. The molecule has 1 heterocycles. The number of rotatable bonds is 8. The van der Waals surface area contributed by atoms with Gasteiger partial charge >= 0.3 is 5.97 Å². The lowest BCUT2D eigenvalue weighted by atomic mass is 10.2. The molecule has 0 aliphatic carbocycles. The number of aromatic carboxylic acids is 1. The van der Waals surface area contributed by atoms with Gasteiger partial charge < -0.3 is 15.2 Å². The third kappa shape index (κ3) is 4.30. The molecule has 1 aromatic rings. The maximum atomic E-state index is 10.8. The normalized spacial score (nSPS) is 10.6. The maximum absolute atomic E-state index is 10.8. The van der Waals surface area contributed by atoms with E-state index in [0.717, 1.165) is 31.7 Å². The van der Waals surface area contributed by atoms with Gasteiger partial charge in [0.2, 0.25) is 0 Å². The minimum Gasteiger partial charge on any atom is -0.477 e. The lowest BCUT2D eigenvalue weighted by Crippen LogP contribution is -2.17. The van der Waals surface area contributed by atoms with Gasteiger partial charge in [0, 0.05) is 19.8 Å². The summed E-state index contributed by atoms with van der Waals surface area (Å²) < 4.78 is 5.20. The van der Waals surface area contributed by atoms with E-state index in [1.54, 1.807) is 5.38 Å². The summed E-state index contributed by atoms with van der Waals surface area (Å²) in [6.45, 7) is 4.91. The van der Waals surface area contributed by atoms with Gasteiger partial charge in [-0.15, -0.1) is 11.3 Å². The molecule has 16 heavy (non-hydrogen) atoms. The minimum atomic E-state index is -0.846. The largest absolute Gasteiger partial charge is 0.477 e. The summed E-state index contributed by atoms with van der Waals surface area (Å²) in [5, 5.41) is 13.9. The lowest BCUT2D eigenvalue weighted by molar-refractivity contribution is 0.0701. The first-order valence-corrected chi connectivity index (χ1v) is 6.21. The molecule has 2 N–H and O–H groups in total. The highest BCUT2D eigenvalue weighted by Gasteiger charge is 2.10. The minimum absolute atomic E-state index is 0.428. The predicted molar refractivity (Wildman–Crippen MR) is 64.1 cm³/mol. The van der Waals surface area contributed by atoms with Gasteiger partial charge in [0.25, 0.3) is 0 Å². The molecule has 0 fully saturated rings. The predicted octanol–water partition coefficient (Wildman–Crippen LogP) is 1.96. The Hall–Kier alpha value is -0.910. The Kier molecular flexibility index (Phi) is 6.07. The second-order valence-corrected chi connectivity index (χ2v) is 4.22. The first-order chi connectivity index (χ1) is 7.75. The van der Waals surface area contributed by atoms with Crippen LogP contribution in [0.25, 0.3) is 0 Å². The van der Waals surface area contributed by atoms with Crippen LogP contribution >= 0.6 is 11.3 Å². The first kappa shape index (κ1) is 13.2. The Morgan fingerprint density at radius 1 is 1.62 bits per heavy atom. The van der Waals surface area contributed by atoms with Crippen LogP contribution in [-0.2, 0) is 11.3 Å². The molecule has 4 nitrogen and oxygen atoms in total. The molecule has 0 aliphatic rings. The third-order valence-corrected chi connectivity index (χ3v) is 3.05. The fourth-order valence-electron chi connectivity index (χ4n) is 1.33. The van der Waals surface area contributed by atoms with Crippen LogP contribution in [0.2, 0.25) is 0 Å². The summed E-state index contributed by atoms with van der Waals surface area (Å²) >= 11 is 1.27. The van der Waals surface area contributed by atoms with Crippen molar-refractivity contribution in [1.82, 2.24) is 5.32 Å². The van der Waals surface area contributed by atoms with Gasteiger partial charge in [0.15, 0.2) is 0 Å². The van der Waals surface area contributed by atoms with Crippen LogP contribution in [0.1, 0.15) is 28.6 Å². The smallest absolute Gasteiger partial charge is 0.346 e. The number of hydrogen-bond acceptors (Lipinski definition) is 4. The van der Waals surface area contributed by atoms with E-state index in [4.69, 9.17) is 9.84 Å². The van der Waals surface area contributed by atoms with E-state index in [1.807, 2.05) is 13.0 Å². The molecule has 1 aromatic heterocycles. The molecule has 5 heteroatoms. The lowest BCUT2D eigenvalue weighted by Gasteiger charge is -2.04. The quantitative estimate of drug-likeness (QED) is 0.685. The average Bonchev–Trinajstić information content (AvgIpc) is 2.71. The number of nitrogens with one attached hydrogen (secondary N) is 1. The van der Waals surface area contributed by atoms with Gasteiger partial charge in [-0.2, -0.15) is 0 Å². The summed E-state index contributed by atoms with van der Waals surface area (Å²) in [4.78, 5) is 11.2. The zero-order valence-corrected chi connectivity index (χ0v) is 10.2. The van der Waals surface area contributed by atoms with Gasteiger partial charge in [-0.25, -0.2) is 4.79 Å². The van der Waals surface area contributed by atoms with Crippen molar-refractivity contribution >= 4 is 17.3 Å². The van der Waals surface area contributed by atoms with Crippen molar-refractivity contribution in [2.24, 2.45) is 0 Å². The van der Waals surface area contributed by atoms with Crippen LogP contribution < -0.4 is 5.32 Å². The summed E-state index contributed by atoms with van der Waals surface area (Å²) in [6, 6.07) is 1.85. The molecule has 0 bridgehead atoms. The maximum Gasteiger partial charge on any atom is 0.346 e. The molecule has 0 aliphatic heterocycles. The van der Waals surface area contributed by atoms with Crippen molar-refractivity contribution in [3.8, 4) is 0 Å². The Morgan fingerprint density at radius 3 is 3.12 bits per heavy atom. The molecule has 0 unspecified atom stereocenters. The Morgan fingerprint density at radius 2 is 2.44 bits per heavy atom. The SMILES string of the molecule is CCOCCCNCc1ccsc1C(=O)O. The number of thiophene rings is 1. The van der Waals surface area contributed by atoms with Gasteiger partial charge in [0.05, 0.1) is 0 Å². The monoisotopic (exact) mass is 243 g/mol. The molecular formula is C11H17NO3S. The number of hydrogen-bond donors (Lipinski definition) is 2. The molecular weight excluding hydrogens is 226 g/mol. The van der Waals surface area contributed by atoms with Crippen LogP contribution in [0.15, 0.2) is 11.4 Å². The van der Waals surface area contributed by atoms with Crippen LogP contribution in [0.5, 0.6) is 0 Å².